The number of nitrogens with one attached hydrogen (secondary N) is 1. The Morgan fingerprint density at radius 3 is 1.97 bits per heavy atom. The van der Waals surface area contributed by atoms with E-state index < -0.39 is 35.1 Å². The van der Waals surface area contributed by atoms with Crippen LogP contribution in [0.15, 0.2) is 10.8 Å². The first-order valence-electron chi connectivity index (χ1n) is 12.1. The van der Waals surface area contributed by atoms with Crippen molar-refractivity contribution in [3.8, 4) is 0 Å². The van der Waals surface area contributed by atoms with Crippen LogP contribution < -0.4 is 10.2 Å². The van der Waals surface area contributed by atoms with E-state index in [1.807, 2.05) is 6.92 Å². The number of nitrogens with zero attached hydrogens (tertiary/aromatic N) is 4. The van der Waals surface area contributed by atoms with E-state index in [2.05, 4.69) is 53.9 Å². The number of hydrogen-bond acceptors (Lipinski definition) is 8. The molecule has 2 aromatic rings. The number of pyridine rings is 1. The van der Waals surface area contributed by atoms with Gasteiger partial charge in [-0.25, -0.2) is 19.4 Å². The Hall–Kier alpha value is -2.16. The summed E-state index contributed by atoms with van der Waals surface area (Å²) in [6, 6.07) is -0.207. The number of imide groups is 1. The summed E-state index contributed by atoms with van der Waals surface area (Å²) in [7, 11) is 0. The molecule has 0 aliphatic heterocycles. The van der Waals surface area contributed by atoms with Gasteiger partial charge in [0.1, 0.15) is 21.4 Å². The van der Waals surface area contributed by atoms with Gasteiger partial charge in [-0.1, -0.05) is 0 Å². The Morgan fingerprint density at radius 2 is 1.50 bits per heavy atom. The molecule has 0 aliphatic carbocycles. The first-order chi connectivity index (χ1) is 17.2. The van der Waals surface area contributed by atoms with Crippen molar-refractivity contribution in [1.29, 1.82) is 0 Å². The maximum atomic E-state index is 13.2. The monoisotopic (exact) mass is 709 g/mol. The van der Waals surface area contributed by atoms with Gasteiger partial charge >= 0.3 is 18.3 Å². The maximum absolute atomic E-state index is 13.2. The van der Waals surface area contributed by atoms with Crippen LogP contribution in [0.5, 0.6) is 0 Å². The lowest BCUT2D eigenvalue weighted by Gasteiger charge is -2.28. The topological polar surface area (TPSA) is 125 Å². The third-order valence-corrected chi connectivity index (χ3v) is 5.91. The maximum Gasteiger partial charge on any atom is 0.425 e. The van der Waals surface area contributed by atoms with Gasteiger partial charge < -0.3 is 19.5 Å². The normalized spacial score (nSPS) is 13.2. The molecule has 0 aromatic carbocycles. The third kappa shape index (κ3) is 9.24. The number of aryl methyl sites for hydroxylation is 1. The van der Waals surface area contributed by atoms with Crippen LogP contribution >= 0.6 is 38.5 Å². The van der Waals surface area contributed by atoms with Crippen molar-refractivity contribution in [2.75, 3.05) is 4.90 Å². The molecule has 0 aliphatic rings. The fourth-order valence-corrected chi connectivity index (χ4v) is 4.45. The molecule has 13 heteroatoms. The van der Waals surface area contributed by atoms with E-state index in [-0.39, 0.29) is 11.9 Å². The van der Waals surface area contributed by atoms with Gasteiger partial charge in [0.15, 0.2) is 5.82 Å². The second kappa shape index (κ2) is 11.9. The highest BCUT2D eigenvalue weighted by Crippen LogP contribution is 2.35. The van der Waals surface area contributed by atoms with E-state index in [4.69, 9.17) is 14.2 Å². The molecule has 0 unspecified atom stereocenters. The summed E-state index contributed by atoms with van der Waals surface area (Å²) >= 11 is 5.60. The molecule has 3 amide bonds. The van der Waals surface area contributed by atoms with Crippen LogP contribution in [0.2, 0.25) is 0 Å². The molecule has 38 heavy (non-hydrogen) atoms. The quantitative estimate of drug-likeness (QED) is 0.266. The highest BCUT2D eigenvalue weighted by Gasteiger charge is 2.36. The average Bonchev–Trinajstić information content (AvgIpc) is 3.01. The molecule has 2 aromatic heterocycles. The molecule has 0 fully saturated rings. The lowest BCUT2D eigenvalue weighted by atomic mass is 10.2. The van der Waals surface area contributed by atoms with Crippen LogP contribution in [-0.4, -0.2) is 55.9 Å². The molecule has 0 bridgehead atoms. The number of aromatic nitrogens is 3. The zero-order valence-electron chi connectivity index (χ0n) is 23.6. The van der Waals surface area contributed by atoms with Gasteiger partial charge in [0.2, 0.25) is 0 Å². The molecule has 0 radical (unpaired) electrons. The molecule has 1 atom stereocenters. The molecule has 1 N–H and O–H groups in total. The minimum Gasteiger partial charge on any atom is -0.444 e. The number of fused-ring (bicyclic) bond motifs is 1. The highest BCUT2D eigenvalue weighted by atomic mass is 127. The molecule has 0 saturated carbocycles. The molecular weight excluding hydrogens is 673 g/mol. The molecule has 2 rings (SSSR count). The van der Waals surface area contributed by atoms with Gasteiger partial charge in [0.25, 0.3) is 0 Å². The lowest BCUT2D eigenvalue weighted by Crippen LogP contribution is -2.44. The Balaban J connectivity index is 2.46. The van der Waals surface area contributed by atoms with Crippen LogP contribution in [0, 0.1) is 3.57 Å². The van der Waals surface area contributed by atoms with Crippen molar-refractivity contribution in [3.05, 3.63) is 14.4 Å². The number of anilines is 1. The number of carbonyl (C=O) groups excluding carboxylic acids is 3. The fraction of sp³-hybridized carbons (Fsp3) is 0.640. The fourth-order valence-electron chi connectivity index (χ4n) is 3.21. The Labute approximate surface area is 245 Å². The second-order valence-corrected chi connectivity index (χ2v) is 13.7. The van der Waals surface area contributed by atoms with E-state index in [0.717, 1.165) is 8.47 Å². The van der Waals surface area contributed by atoms with Crippen molar-refractivity contribution < 1.29 is 28.6 Å². The Kier molecular flexibility index (Phi) is 10.1. The average molecular weight is 710 g/mol. The van der Waals surface area contributed by atoms with Crippen LogP contribution in [0.3, 0.4) is 0 Å². The zero-order valence-corrected chi connectivity index (χ0v) is 27.3. The van der Waals surface area contributed by atoms with Gasteiger partial charge in [0, 0.05) is 18.8 Å². The highest BCUT2D eigenvalue weighted by molar-refractivity contribution is 14.1. The first-order valence-corrected chi connectivity index (χ1v) is 14.0. The van der Waals surface area contributed by atoms with Crippen molar-refractivity contribution in [2.24, 2.45) is 0 Å². The molecular formula is C25H37BrIN5O6. The number of carbonyl (C=O) groups is 3. The Morgan fingerprint density at radius 1 is 1.00 bits per heavy atom. The van der Waals surface area contributed by atoms with Gasteiger partial charge in [0.05, 0.1) is 14.5 Å². The molecule has 0 saturated heterocycles. The summed E-state index contributed by atoms with van der Waals surface area (Å²) in [4.78, 5) is 43.8. The number of hydrogen-bond donors (Lipinski definition) is 1. The number of halogens is 2. The van der Waals surface area contributed by atoms with E-state index in [9.17, 15) is 14.4 Å². The minimum atomic E-state index is -0.920. The lowest BCUT2D eigenvalue weighted by molar-refractivity contribution is 0.0426. The van der Waals surface area contributed by atoms with Crippen LogP contribution in [-0.2, 0) is 20.8 Å². The zero-order chi connectivity index (χ0) is 29.2. The summed E-state index contributed by atoms with van der Waals surface area (Å²) < 4.78 is 19.2. The minimum absolute atomic E-state index is 0.0296. The van der Waals surface area contributed by atoms with Gasteiger partial charge in [-0.15, -0.1) is 0 Å². The molecule has 2 heterocycles. The summed E-state index contributed by atoms with van der Waals surface area (Å²) in [6.07, 6.45) is -0.249. The predicted molar refractivity (Wildman–Crippen MR) is 156 cm³/mol. The Bertz CT molecular complexity index is 1170. The second-order valence-electron chi connectivity index (χ2n) is 11.8. The van der Waals surface area contributed by atoms with Crippen molar-refractivity contribution >= 4 is 73.5 Å². The summed E-state index contributed by atoms with van der Waals surface area (Å²) in [5.41, 5.74) is -1.67. The van der Waals surface area contributed by atoms with Crippen LogP contribution in [0.25, 0.3) is 10.9 Å². The van der Waals surface area contributed by atoms with E-state index in [0.29, 0.717) is 28.5 Å². The number of ether oxygens (including phenoxy) is 3. The first kappa shape index (κ1) is 32.1. The number of rotatable bonds is 5. The van der Waals surface area contributed by atoms with Crippen LogP contribution in [0.1, 0.15) is 75.7 Å². The summed E-state index contributed by atoms with van der Waals surface area (Å²) in [5, 5.41) is 7.85. The third-order valence-electron chi connectivity index (χ3n) is 4.56. The van der Waals surface area contributed by atoms with E-state index >= 15 is 0 Å². The van der Waals surface area contributed by atoms with Crippen molar-refractivity contribution in [2.45, 2.75) is 105 Å². The number of alkyl carbamates (subject to hydrolysis) is 1. The van der Waals surface area contributed by atoms with Gasteiger partial charge in [-0.2, -0.15) is 10.00 Å². The molecule has 212 valence electrons. The summed E-state index contributed by atoms with van der Waals surface area (Å²) in [6.45, 7) is 17.9. The van der Waals surface area contributed by atoms with Crippen molar-refractivity contribution in [1.82, 2.24) is 20.1 Å². The van der Waals surface area contributed by atoms with Gasteiger partial charge in [-0.3, -0.25) is 4.68 Å². The predicted octanol–water partition coefficient (Wildman–Crippen LogP) is 6.78. The van der Waals surface area contributed by atoms with Crippen molar-refractivity contribution in [3.63, 3.8) is 0 Å². The summed E-state index contributed by atoms with van der Waals surface area (Å²) in [5.74, 6) is 0.0296. The number of amides is 3. The SMILES string of the molecule is C[C@H](CCn1nc(Br)c2c(N(C(=O)OC(C)(C)C)C(=O)OC(C)(C)C)ncc(I)c21)NC(=O)OC(C)(C)C. The molecule has 0 spiro atoms. The van der Waals surface area contributed by atoms with Gasteiger partial charge in [-0.05, 0) is 114 Å². The van der Waals surface area contributed by atoms with E-state index in [1.165, 1.54) is 0 Å². The van der Waals surface area contributed by atoms with E-state index in [1.54, 1.807) is 73.2 Å². The molecule has 11 nitrogen and oxygen atoms in total. The standard InChI is InChI=1S/C25H37BrIN5O6/c1-14(29-20(33)36-23(2,3)4)11-12-31-17-15(27)13-28-19(16(17)18(26)30-31)32(21(34)37-24(5,6)7)22(35)38-25(8,9)10/h13-14H,11-12H2,1-10H3,(H,29,33)/t14-/m1/s1. The van der Waals surface area contributed by atoms with Crippen LogP contribution in [0.4, 0.5) is 20.2 Å². The largest absolute Gasteiger partial charge is 0.444 e. The smallest absolute Gasteiger partial charge is 0.425 e.